The lowest BCUT2D eigenvalue weighted by atomic mass is 9.97. The van der Waals surface area contributed by atoms with Crippen LogP contribution in [-0.2, 0) is 32.0 Å². The van der Waals surface area contributed by atoms with Gasteiger partial charge >= 0.3 is 0 Å². The zero-order chi connectivity index (χ0) is 17.6. The number of amides is 2. The molecule has 0 aromatic carbocycles. The van der Waals surface area contributed by atoms with Gasteiger partial charge in [-0.3, -0.25) is 9.59 Å². The minimum absolute atomic E-state index is 0.0108. The Morgan fingerprint density at radius 1 is 1.50 bits per heavy atom. The lowest BCUT2D eigenvalue weighted by Crippen LogP contribution is -2.57. The molecule has 1 atom stereocenters. The number of aromatic nitrogens is 2. The molecule has 1 aromatic rings. The average molecular weight is 338 g/mol. The maximum absolute atomic E-state index is 12.7. The number of carbonyl (C=O) groups excluding carboxylic acids is 2. The number of carbonyl (C=O) groups is 2. The number of nitrogens with zero attached hydrogens (tertiary/aromatic N) is 3. The molecule has 1 aliphatic rings. The number of hydrogen-bond acceptors (Lipinski definition) is 5. The van der Waals surface area contributed by atoms with Gasteiger partial charge in [0.25, 0.3) is 0 Å². The quantitative estimate of drug-likeness (QED) is 0.746. The summed E-state index contributed by atoms with van der Waals surface area (Å²) in [6, 6.07) is 0. The minimum Gasteiger partial charge on any atom is -0.382 e. The summed E-state index contributed by atoms with van der Waals surface area (Å²) in [5.74, 6) is 0.734. The van der Waals surface area contributed by atoms with Crippen LogP contribution in [-0.4, -0.2) is 72.3 Å². The molecule has 1 saturated heterocycles. The highest BCUT2D eigenvalue weighted by molar-refractivity contribution is 5.78. The molecule has 0 spiro atoms. The van der Waals surface area contributed by atoms with E-state index >= 15 is 0 Å². The van der Waals surface area contributed by atoms with E-state index in [1.54, 1.807) is 25.3 Å². The zero-order valence-corrected chi connectivity index (χ0v) is 14.6. The van der Waals surface area contributed by atoms with E-state index in [-0.39, 0.29) is 31.4 Å². The van der Waals surface area contributed by atoms with E-state index in [0.29, 0.717) is 19.7 Å². The molecule has 0 radical (unpaired) electrons. The van der Waals surface area contributed by atoms with E-state index in [0.717, 1.165) is 12.2 Å². The molecule has 0 saturated carbocycles. The first-order valence-electron chi connectivity index (χ1n) is 8.15. The Bertz CT molecular complexity index is 570. The molecule has 8 nitrogen and oxygen atoms in total. The first-order valence-corrected chi connectivity index (χ1v) is 8.15. The molecule has 134 valence electrons. The second-order valence-electron chi connectivity index (χ2n) is 5.95. The van der Waals surface area contributed by atoms with Gasteiger partial charge in [0, 0.05) is 39.5 Å². The van der Waals surface area contributed by atoms with Crippen LogP contribution in [0.5, 0.6) is 0 Å². The number of imidazole rings is 1. The largest absolute Gasteiger partial charge is 0.382 e. The predicted molar refractivity (Wildman–Crippen MR) is 87.4 cm³/mol. The second-order valence-corrected chi connectivity index (χ2v) is 5.95. The summed E-state index contributed by atoms with van der Waals surface area (Å²) in [6.45, 7) is 3.74. The van der Waals surface area contributed by atoms with Crippen LogP contribution in [0.15, 0.2) is 12.4 Å². The third-order valence-electron chi connectivity index (χ3n) is 4.19. The maximum atomic E-state index is 12.7. The van der Waals surface area contributed by atoms with Gasteiger partial charge in [0.15, 0.2) is 0 Å². The fourth-order valence-electron chi connectivity index (χ4n) is 2.99. The normalized spacial score (nSPS) is 20.9. The number of ether oxygens (including phenoxy) is 2. The number of aryl methyl sites for hydroxylation is 1. The van der Waals surface area contributed by atoms with Crippen molar-refractivity contribution in [2.24, 2.45) is 0 Å². The molecular formula is C16H26N4O4. The minimum atomic E-state index is -0.800. The monoisotopic (exact) mass is 338 g/mol. The SMILES string of the molecule is CCc1nccn1CC(=O)N1CCOC(COC)(CC(=O)NC)C1. The Morgan fingerprint density at radius 2 is 2.29 bits per heavy atom. The van der Waals surface area contributed by atoms with E-state index in [9.17, 15) is 9.59 Å². The molecule has 8 heteroatoms. The number of morpholine rings is 1. The Balaban J connectivity index is 2.07. The Hall–Kier alpha value is -1.93. The highest BCUT2D eigenvalue weighted by Gasteiger charge is 2.40. The molecule has 0 bridgehead atoms. The van der Waals surface area contributed by atoms with Crippen molar-refractivity contribution >= 4 is 11.8 Å². The van der Waals surface area contributed by atoms with Gasteiger partial charge in [-0.25, -0.2) is 4.98 Å². The molecule has 1 fully saturated rings. The number of nitrogens with one attached hydrogen (secondary N) is 1. The van der Waals surface area contributed by atoms with Crippen LogP contribution in [0, 0.1) is 0 Å². The van der Waals surface area contributed by atoms with Crippen LogP contribution < -0.4 is 5.32 Å². The van der Waals surface area contributed by atoms with Gasteiger partial charge < -0.3 is 24.3 Å². The standard InChI is InChI=1S/C16H26N4O4/c1-4-13-18-5-6-19(13)10-15(22)20-7-8-24-16(11-20,12-23-3)9-14(21)17-2/h5-6H,4,7-12H2,1-3H3,(H,17,21). The fourth-order valence-corrected chi connectivity index (χ4v) is 2.99. The van der Waals surface area contributed by atoms with Gasteiger partial charge in [-0.15, -0.1) is 0 Å². The van der Waals surface area contributed by atoms with Crippen molar-refractivity contribution in [1.82, 2.24) is 19.8 Å². The van der Waals surface area contributed by atoms with Gasteiger partial charge in [0.2, 0.25) is 11.8 Å². The first kappa shape index (κ1) is 18.4. The van der Waals surface area contributed by atoms with Crippen molar-refractivity contribution in [3.8, 4) is 0 Å². The average Bonchev–Trinajstić information content (AvgIpc) is 3.02. The lowest BCUT2D eigenvalue weighted by Gasteiger charge is -2.42. The number of methoxy groups -OCH3 is 1. The van der Waals surface area contributed by atoms with Crippen LogP contribution in [0.4, 0.5) is 0 Å². The van der Waals surface area contributed by atoms with Gasteiger partial charge in [-0.2, -0.15) is 0 Å². The van der Waals surface area contributed by atoms with Gasteiger partial charge in [0.05, 0.1) is 26.2 Å². The smallest absolute Gasteiger partial charge is 0.242 e. The molecule has 2 heterocycles. The van der Waals surface area contributed by atoms with Gasteiger partial charge in [-0.05, 0) is 0 Å². The first-order chi connectivity index (χ1) is 11.5. The molecule has 1 unspecified atom stereocenters. The van der Waals surface area contributed by atoms with E-state index in [2.05, 4.69) is 10.3 Å². The summed E-state index contributed by atoms with van der Waals surface area (Å²) < 4.78 is 12.9. The summed E-state index contributed by atoms with van der Waals surface area (Å²) in [7, 11) is 3.15. The maximum Gasteiger partial charge on any atom is 0.242 e. The summed E-state index contributed by atoms with van der Waals surface area (Å²) >= 11 is 0. The van der Waals surface area contributed by atoms with Crippen molar-refractivity contribution < 1.29 is 19.1 Å². The van der Waals surface area contributed by atoms with E-state index in [1.165, 1.54) is 0 Å². The van der Waals surface area contributed by atoms with Crippen molar-refractivity contribution in [3.63, 3.8) is 0 Å². The molecule has 0 aliphatic carbocycles. The van der Waals surface area contributed by atoms with Crippen LogP contribution >= 0.6 is 0 Å². The number of hydrogen-bond donors (Lipinski definition) is 1. The van der Waals surface area contributed by atoms with E-state index in [4.69, 9.17) is 9.47 Å². The van der Waals surface area contributed by atoms with Crippen LogP contribution in [0.3, 0.4) is 0 Å². The van der Waals surface area contributed by atoms with Crippen molar-refractivity contribution in [3.05, 3.63) is 18.2 Å². The third kappa shape index (κ3) is 4.33. The molecule has 1 N–H and O–H groups in total. The summed E-state index contributed by atoms with van der Waals surface area (Å²) in [5, 5.41) is 2.60. The van der Waals surface area contributed by atoms with Crippen molar-refractivity contribution in [2.75, 3.05) is 40.5 Å². The Morgan fingerprint density at radius 3 is 2.96 bits per heavy atom. The van der Waals surface area contributed by atoms with Crippen LogP contribution in [0.1, 0.15) is 19.2 Å². The molecular weight excluding hydrogens is 312 g/mol. The van der Waals surface area contributed by atoms with Crippen LogP contribution in [0.25, 0.3) is 0 Å². The molecule has 2 rings (SSSR count). The molecule has 1 aromatic heterocycles. The van der Waals surface area contributed by atoms with Crippen LogP contribution in [0.2, 0.25) is 0 Å². The summed E-state index contributed by atoms with van der Waals surface area (Å²) in [6.07, 6.45) is 4.44. The molecule has 1 aliphatic heterocycles. The predicted octanol–water partition coefficient (Wildman–Crippen LogP) is -0.174. The summed E-state index contributed by atoms with van der Waals surface area (Å²) in [5.41, 5.74) is -0.800. The second kappa shape index (κ2) is 8.25. The van der Waals surface area contributed by atoms with E-state index < -0.39 is 5.60 Å². The fraction of sp³-hybridized carbons (Fsp3) is 0.688. The van der Waals surface area contributed by atoms with E-state index in [1.807, 2.05) is 17.7 Å². The highest BCUT2D eigenvalue weighted by Crippen LogP contribution is 2.23. The Labute approximate surface area is 142 Å². The molecule has 24 heavy (non-hydrogen) atoms. The zero-order valence-electron chi connectivity index (χ0n) is 14.6. The third-order valence-corrected chi connectivity index (χ3v) is 4.19. The van der Waals surface area contributed by atoms with Gasteiger partial charge in [0.1, 0.15) is 18.0 Å². The number of rotatable bonds is 7. The van der Waals surface area contributed by atoms with Crippen molar-refractivity contribution in [2.45, 2.75) is 31.9 Å². The van der Waals surface area contributed by atoms with Crippen molar-refractivity contribution in [1.29, 1.82) is 0 Å². The molecule has 2 amide bonds. The van der Waals surface area contributed by atoms with Gasteiger partial charge in [-0.1, -0.05) is 6.92 Å². The summed E-state index contributed by atoms with van der Waals surface area (Å²) in [4.78, 5) is 30.5. The Kier molecular flexibility index (Phi) is 6.33. The highest BCUT2D eigenvalue weighted by atomic mass is 16.5. The lowest BCUT2D eigenvalue weighted by molar-refractivity contribution is -0.167. The topological polar surface area (TPSA) is 85.7 Å².